The van der Waals surface area contributed by atoms with Crippen molar-refractivity contribution in [2.75, 3.05) is 5.32 Å². The molecule has 0 saturated heterocycles. The second-order valence-corrected chi connectivity index (χ2v) is 4.76. The van der Waals surface area contributed by atoms with E-state index in [4.69, 9.17) is 0 Å². The first-order valence-electron chi connectivity index (χ1n) is 6.50. The monoisotopic (exact) mass is 286 g/mol. The first kappa shape index (κ1) is 14.6. The van der Waals surface area contributed by atoms with Crippen molar-refractivity contribution in [3.8, 4) is 0 Å². The average Bonchev–Trinajstić information content (AvgIpc) is 2.47. The molecule has 1 heterocycles. The molecule has 0 aliphatic carbocycles. The molecule has 0 aliphatic heterocycles. The van der Waals surface area contributed by atoms with Crippen LogP contribution in [0.2, 0.25) is 0 Å². The number of hydrogen-bond donors (Lipinski definition) is 1. The number of nitrogens with zero attached hydrogens (tertiary/aromatic N) is 2. The van der Waals surface area contributed by atoms with Crippen LogP contribution >= 0.6 is 0 Å². The maximum atomic E-state index is 12.2. The Bertz CT molecular complexity index is 668. The summed E-state index contributed by atoms with van der Waals surface area (Å²) in [6, 6.07) is 9.41. The van der Waals surface area contributed by atoms with Gasteiger partial charge in [0.05, 0.1) is 4.92 Å². The van der Waals surface area contributed by atoms with Crippen LogP contribution in [-0.4, -0.2) is 10.8 Å². The molecule has 0 unspecified atom stereocenters. The van der Waals surface area contributed by atoms with E-state index in [9.17, 15) is 14.9 Å². The SMILES string of the molecule is Cc1cc[n+]([C@@H](C)C(=O)Nc2ccccc2[N+](=O)[O-])cc1. The fraction of sp³-hybridized carbons (Fsp3) is 0.200. The first-order valence-corrected chi connectivity index (χ1v) is 6.50. The maximum absolute atomic E-state index is 12.2. The van der Waals surface area contributed by atoms with Crippen LogP contribution in [0.15, 0.2) is 48.8 Å². The van der Waals surface area contributed by atoms with Crippen molar-refractivity contribution < 1.29 is 14.3 Å². The fourth-order valence-electron chi connectivity index (χ4n) is 1.88. The average molecular weight is 286 g/mol. The van der Waals surface area contributed by atoms with Gasteiger partial charge in [0.2, 0.25) is 6.04 Å². The molecule has 6 heteroatoms. The van der Waals surface area contributed by atoms with Gasteiger partial charge < -0.3 is 5.32 Å². The van der Waals surface area contributed by atoms with Gasteiger partial charge in [0.15, 0.2) is 12.4 Å². The quantitative estimate of drug-likeness (QED) is 0.532. The molecule has 1 N–H and O–H groups in total. The van der Waals surface area contributed by atoms with Crippen LogP contribution in [0, 0.1) is 17.0 Å². The van der Waals surface area contributed by atoms with Crippen LogP contribution < -0.4 is 9.88 Å². The molecule has 0 bridgehead atoms. The minimum Gasteiger partial charge on any atom is -0.315 e. The maximum Gasteiger partial charge on any atom is 0.293 e. The van der Waals surface area contributed by atoms with Crippen molar-refractivity contribution in [1.29, 1.82) is 0 Å². The van der Waals surface area contributed by atoms with Crippen LogP contribution in [0.25, 0.3) is 0 Å². The highest BCUT2D eigenvalue weighted by atomic mass is 16.6. The third-order valence-corrected chi connectivity index (χ3v) is 3.20. The van der Waals surface area contributed by atoms with Crippen molar-refractivity contribution in [3.63, 3.8) is 0 Å². The van der Waals surface area contributed by atoms with Gasteiger partial charge >= 0.3 is 0 Å². The van der Waals surface area contributed by atoms with Gasteiger partial charge in [-0.2, -0.15) is 4.57 Å². The van der Waals surface area contributed by atoms with Crippen molar-refractivity contribution >= 4 is 17.3 Å². The number of benzene rings is 1. The summed E-state index contributed by atoms with van der Waals surface area (Å²) >= 11 is 0. The number of hydrogen-bond acceptors (Lipinski definition) is 3. The molecule has 2 aromatic rings. The smallest absolute Gasteiger partial charge is 0.293 e. The summed E-state index contributed by atoms with van der Waals surface area (Å²) in [7, 11) is 0. The molecule has 0 aliphatic rings. The second-order valence-electron chi connectivity index (χ2n) is 4.76. The number of pyridine rings is 1. The Hall–Kier alpha value is -2.76. The zero-order chi connectivity index (χ0) is 15.4. The number of aryl methyl sites for hydroxylation is 1. The lowest BCUT2D eigenvalue weighted by atomic mass is 10.2. The predicted octanol–water partition coefficient (Wildman–Crippen LogP) is 2.39. The van der Waals surface area contributed by atoms with Gasteiger partial charge in [-0.1, -0.05) is 12.1 Å². The van der Waals surface area contributed by atoms with Crippen LogP contribution in [0.5, 0.6) is 0 Å². The van der Waals surface area contributed by atoms with Crippen LogP contribution in [-0.2, 0) is 4.79 Å². The Morgan fingerprint density at radius 3 is 2.48 bits per heavy atom. The Kier molecular flexibility index (Phi) is 4.27. The van der Waals surface area contributed by atoms with Crippen LogP contribution in [0.4, 0.5) is 11.4 Å². The van der Waals surface area contributed by atoms with Gasteiger partial charge in [-0.3, -0.25) is 14.9 Å². The van der Waals surface area contributed by atoms with Crippen molar-refractivity contribution in [2.24, 2.45) is 0 Å². The summed E-state index contributed by atoms with van der Waals surface area (Å²) in [5.74, 6) is -0.307. The molecule has 2 rings (SSSR count). The Morgan fingerprint density at radius 1 is 1.24 bits per heavy atom. The molecule has 108 valence electrons. The molecular formula is C15H16N3O3+. The number of anilines is 1. The van der Waals surface area contributed by atoms with Crippen LogP contribution in [0.1, 0.15) is 18.5 Å². The summed E-state index contributed by atoms with van der Waals surface area (Å²) in [4.78, 5) is 22.6. The lowest BCUT2D eigenvalue weighted by Crippen LogP contribution is -2.44. The van der Waals surface area contributed by atoms with E-state index in [0.29, 0.717) is 0 Å². The van der Waals surface area contributed by atoms with Gasteiger partial charge in [-0.05, 0) is 18.6 Å². The zero-order valence-electron chi connectivity index (χ0n) is 11.8. The van der Waals surface area contributed by atoms with E-state index in [1.165, 1.54) is 12.1 Å². The third-order valence-electron chi connectivity index (χ3n) is 3.20. The highest BCUT2D eigenvalue weighted by Gasteiger charge is 2.24. The normalized spacial score (nSPS) is 11.7. The highest BCUT2D eigenvalue weighted by Crippen LogP contribution is 2.23. The number of amides is 1. The molecule has 1 aromatic heterocycles. The molecule has 1 atom stereocenters. The molecule has 0 saturated carbocycles. The van der Waals surface area contributed by atoms with Gasteiger partial charge in [-0.15, -0.1) is 0 Å². The lowest BCUT2D eigenvalue weighted by Gasteiger charge is -2.09. The van der Waals surface area contributed by atoms with E-state index >= 15 is 0 Å². The van der Waals surface area contributed by atoms with E-state index in [0.717, 1.165) is 5.56 Å². The Labute approximate surface area is 122 Å². The molecule has 1 aromatic carbocycles. The van der Waals surface area contributed by atoms with E-state index in [1.807, 2.05) is 19.1 Å². The standard InChI is InChI=1S/C15H15N3O3/c1-11-7-9-17(10-8-11)12(2)15(19)16-13-5-3-4-6-14(13)18(20)21/h3-10,12H,1-2H3/p+1/t12-/m0/s1. The lowest BCUT2D eigenvalue weighted by molar-refractivity contribution is -0.705. The summed E-state index contributed by atoms with van der Waals surface area (Å²) in [5.41, 5.74) is 1.18. The molecule has 21 heavy (non-hydrogen) atoms. The van der Waals surface area contributed by atoms with Crippen molar-refractivity contribution in [2.45, 2.75) is 19.9 Å². The first-order chi connectivity index (χ1) is 9.99. The number of carbonyl (C=O) groups is 1. The minimum atomic E-state index is -0.515. The summed E-state index contributed by atoms with van der Waals surface area (Å²) in [6.07, 6.45) is 3.61. The van der Waals surface area contributed by atoms with Crippen molar-refractivity contribution in [3.05, 3.63) is 64.5 Å². The van der Waals surface area contributed by atoms with Crippen LogP contribution in [0.3, 0.4) is 0 Å². The molecule has 1 amide bonds. The number of rotatable bonds is 4. The summed E-state index contributed by atoms with van der Waals surface area (Å²) in [6.45, 7) is 3.70. The molecule has 0 fully saturated rings. The number of para-hydroxylation sites is 2. The van der Waals surface area contributed by atoms with E-state index in [-0.39, 0.29) is 17.3 Å². The third kappa shape index (κ3) is 3.42. The number of carbonyl (C=O) groups excluding carboxylic acids is 1. The Balaban J connectivity index is 2.18. The molecular weight excluding hydrogens is 270 g/mol. The largest absolute Gasteiger partial charge is 0.315 e. The van der Waals surface area contributed by atoms with E-state index < -0.39 is 11.0 Å². The number of nitro benzene ring substituents is 1. The van der Waals surface area contributed by atoms with E-state index in [2.05, 4.69) is 5.32 Å². The molecule has 0 spiro atoms. The number of aromatic nitrogens is 1. The Morgan fingerprint density at radius 2 is 1.86 bits per heavy atom. The fourth-order valence-corrected chi connectivity index (χ4v) is 1.88. The highest BCUT2D eigenvalue weighted by molar-refractivity contribution is 5.94. The second kappa shape index (κ2) is 6.13. The summed E-state index contributed by atoms with van der Waals surface area (Å²) in [5, 5.41) is 13.5. The number of nitro groups is 1. The van der Waals surface area contributed by atoms with Gasteiger partial charge in [0.1, 0.15) is 5.69 Å². The van der Waals surface area contributed by atoms with Gasteiger partial charge in [0, 0.05) is 25.1 Å². The summed E-state index contributed by atoms with van der Waals surface area (Å²) < 4.78 is 1.75. The molecule has 0 radical (unpaired) electrons. The number of nitrogens with one attached hydrogen (secondary N) is 1. The van der Waals surface area contributed by atoms with E-state index in [1.54, 1.807) is 36.0 Å². The van der Waals surface area contributed by atoms with Crippen molar-refractivity contribution in [1.82, 2.24) is 0 Å². The minimum absolute atomic E-state index is 0.119. The zero-order valence-corrected chi connectivity index (χ0v) is 11.8. The van der Waals surface area contributed by atoms with Gasteiger partial charge in [0.25, 0.3) is 11.6 Å². The predicted molar refractivity (Wildman–Crippen MR) is 77.8 cm³/mol. The topological polar surface area (TPSA) is 76.1 Å². The van der Waals surface area contributed by atoms with Gasteiger partial charge in [-0.25, -0.2) is 0 Å². The molecule has 6 nitrogen and oxygen atoms in total.